The van der Waals surface area contributed by atoms with E-state index < -0.39 is 18.9 Å². The molecule has 2 aromatic rings. The van der Waals surface area contributed by atoms with E-state index in [-0.39, 0.29) is 16.2 Å². The second-order valence-corrected chi connectivity index (χ2v) is 8.59. The zero-order valence-corrected chi connectivity index (χ0v) is 20.1. The molecule has 0 unspecified atom stereocenters. The molecular weight excluding hydrogens is 459 g/mol. The van der Waals surface area contributed by atoms with E-state index in [9.17, 15) is 18.0 Å². The number of alkyl halides is 3. The van der Waals surface area contributed by atoms with Crippen LogP contribution in [0, 0.1) is 6.92 Å². The van der Waals surface area contributed by atoms with Gasteiger partial charge in [0.2, 0.25) is 6.79 Å². The van der Waals surface area contributed by atoms with Crippen LogP contribution in [0.15, 0.2) is 29.3 Å². The Morgan fingerprint density at radius 1 is 1.18 bits per heavy atom. The van der Waals surface area contributed by atoms with Gasteiger partial charge in [0.25, 0.3) is 0 Å². The fourth-order valence-corrected chi connectivity index (χ4v) is 3.27. The minimum Gasteiger partial charge on any atom is -0.454 e. The smallest absolute Gasteiger partial charge is 0.454 e. The fourth-order valence-electron chi connectivity index (χ4n) is 3.05. The highest BCUT2D eigenvalue weighted by Crippen LogP contribution is 2.34. The molecule has 0 aliphatic carbocycles. The van der Waals surface area contributed by atoms with Gasteiger partial charge in [0.05, 0.1) is 10.7 Å². The van der Waals surface area contributed by atoms with Gasteiger partial charge in [-0.25, -0.2) is 4.79 Å². The van der Waals surface area contributed by atoms with Gasteiger partial charge in [0.15, 0.2) is 5.76 Å². The van der Waals surface area contributed by atoms with Crippen LogP contribution in [-0.2, 0) is 26.2 Å². The van der Waals surface area contributed by atoms with Crippen molar-refractivity contribution in [2.75, 3.05) is 13.8 Å². The van der Waals surface area contributed by atoms with E-state index >= 15 is 0 Å². The Kier molecular flexibility index (Phi) is 8.35. The Morgan fingerprint density at radius 3 is 2.27 bits per heavy atom. The molecule has 0 N–H and O–H groups in total. The minimum atomic E-state index is -5.14. The summed E-state index contributed by atoms with van der Waals surface area (Å²) in [6.07, 6.45) is -3.63. The molecule has 0 saturated heterocycles. The molecule has 0 aliphatic heterocycles. The lowest BCUT2D eigenvalue weighted by Crippen LogP contribution is -2.26. The molecular formula is C23H27ClF3N3O3. The van der Waals surface area contributed by atoms with Gasteiger partial charge in [-0.2, -0.15) is 18.3 Å². The molecule has 10 heteroatoms. The largest absolute Gasteiger partial charge is 0.491 e. The molecule has 6 nitrogen and oxygen atoms in total. The first-order valence-corrected chi connectivity index (χ1v) is 10.6. The highest BCUT2D eigenvalue weighted by atomic mass is 35.5. The molecule has 2 rings (SSSR count). The van der Waals surface area contributed by atoms with Crippen molar-refractivity contribution >= 4 is 35.1 Å². The van der Waals surface area contributed by atoms with Crippen LogP contribution in [0.3, 0.4) is 0 Å². The van der Waals surface area contributed by atoms with Gasteiger partial charge in [-0.3, -0.25) is 9.67 Å². The number of carbonyl (C=O) groups excluding carboxylic acids is 1. The van der Waals surface area contributed by atoms with Crippen LogP contribution in [0.2, 0.25) is 5.02 Å². The zero-order valence-electron chi connectivity index (χ0n) is 19.4. The molecule has 0 radical (unpaired) electrons. The average Bonchev–Trinajstić information content (AvgIpc) is 3.02. The number of aliphatic imine (C=N–C) groups is 1. The molecule has 33 heavy (non-hydrogen) atoms. The number of ether oxygens (including phenoxy) is 2. The summed E-state index contributed by atoms with van der Waals surface area (Å²) in [5.41, 5.74) is 2.99. The highest BCUT2D eigenvalue weighted by Gasteiger charge is 2.41. The first-order chi connectivity index (χ1) is 15.3. The number of hydrogen-bond donors (Lipinski definition) is 0. The molecule has 1 aromatic carbocycles. The van der Waals surface area contributed by atoms with Crippen molar-refractivity contribution in [1.29, 1.82) is 0 Å². The SMILES string of the molecule is CCn1nc(C)c(Cl)c1/C(OCOC(=O)C(F)(F)F)=C(\C=NC)c1ccc(C(C)(C)C)cc1. The summed E-state index contributed by atoms with van der Waals surface area (Å²) in [6, 6.07) is 7.61. The molecule has 0 amide bonds. The van der Waals surface area contributed by atoms with Crippen molar-refractivity contribution in [3.63, 3.8) is 0 Å². The topological polar surface area (TPSA) is 65.7 Å². The van der Waals surface area contributed by atoms with E-state index in [1.807, 2.05) is 31.2 Å². The first-order valence-electron chi connectivity index (χ1n) is 10.2. The zero-order chi connectivity index (χ0) is 25.0. The van der Waals surface area contributed by atoms with Crippen LogP contribution >= 0.6 is 11.6 Å². The van der Waals surface area contributed by atoms with Crippen molar-refractivity contribution in [1.82, 2.24) is 9.78 Å². The average molecular weight is 486 g/mol. The van der Waals surface area contributed by atoms with Gasteiger partial charge in [0, 0.05) is 25.4 Å². The van der Waals surface area contributed by atoms with Crippen LogP contribution in [0.25, 0.3) is 11.3 Å². The Bertz CT molecular complexity index is 1050. The van der Waals surface area contributed by atoms with Crippen molar-refractivity contribution in [3.05, 3.63) is 51.8 Å². The number of rotatable bonds is 7. The van der Waals surface area contributed by atoms with Crippen molar-refractivity contribution in [2.45, 2.75) is 52.8 Å². The maximum absolute atomic E-state index is 12.6. The molecule has 0 spiro atoms. The maximum Gasteiger partial charge on any atom is 0.491 e. The van der Waals surface area contributed by atoms with Crippen LogP contribution in [0.5, 0.6) is 0 Å². The Labute approximate surface area is 196 Å². The number of allylic oxidation sites excluding steroid dienone is 1. The summed E-state index contributed by atoms with van der Waals surface area (Å²) in [5, 5.41) is 4.62. The Hall–Kier alpha value is -2.81. The fraction of sp³-hybridized carbons (Fsp3) is 0.435. The van der Waals surface area contributed by atoms with Crippen molar-refractivity contribution < 1.29 is 27.4 Å². The molecule has 180 valence electrons. The number of nitrogens with zero attached hydrogens (tertiary/aromatic N) is 3. The Balaban J connectivity index is 2.64. The van der Waals surface area contributed by atoms with E-state index in [0.717, 1.165) is 5.56 Å². The van der Waals surface area contributed by atoms with Gasteiger partial charge in [-0.1, -0.05) is 56.6 Å². The predicted octanol–water partition coefficient (Wildman–Crippen LogP) is 5.81. The van der Waals surface area contributed by atoms with E-state index in [1.165, 1.54) is 6.21 Å². The van der Waals surface area contributed by atoms with E-state index in [1.54, 1.807) is 18.7 Å². The van der Waals surface area contributed by atoms with Crippen LogP contribution in [-0.4, -0.2) is 42.0 Å². The highest BCUT2D eigenvalue weighted by molar-refractivity contribution is 6.33. The van der Waals surface area contributed by atoms with Crippen LogP contribution in [0.1, 0.15) is 50.2 Å². The first kappa shape index (κ1) is 26.4. The lowest BCUT2D eigenvalue weighted by molar-refractivity contribution is -0.206. The van der Waals surface area contributed by atoms with Gasteiger partial charge >= 0.3 is 12.1 Å². The third-order valence-electron chi connectivity index (χ3n) is 4.76. The number of esters is 1. The monoisotopic (exact) mass is 485 g/mol. The standard InChI is InChI=1S/C23H27ClF3N3O3/c1-7-30-19(18(24)14(2)29-30)20(32-13-33-21(31)23(25,26)27)17(12-28-6)15-8-10-16(11-9-15)22(3,4)5/h8-12H,7,13H2,1-6H3/b20-17-,28-12?. The summed E-state index contributed by atoms with van der Waals surface area (Å²) in [7, 11) is 1.55. The lowest BCUT2D eigenvalue weighted by Gasteiger charge is -2.20. The summed E-state index contributed by atoms with van der Waals surface area (Å²) in [6.45, 7) is 9.22. The summed E-state index contributed by atoms with van der Waals surface area (Å²) < 4.78 is 49.1. The van der Waals surface area contributed by atoms with Gasteiger partial charge in [-0.15, -0.1) is 0 Å². The van der Waals surface area contributed by atoms with Gasteiger partial charge in [0.1, 0.15) is 5.69 Å². The minimum absolute atomic E-state index is 0.0758. The molecule has 1 aromatic heterocycles. The van der Waals surface area contributed by atoms with Gasteiger partial charge in [-0.05, 0) is 30.4 Å². The van der Waals surface area contributed by atoms with Crippen LogP contribution in [0.4, 0.5) is 13.2 Å². The van der Waals surface area contributed by atoms with Crippen molar-refractivity contribution in [2.24, 2.45) is 4.99 Å². The quantitative estimate of drug-likeness (QED) is 0.215. The number of hydrogen-bond acceptors (Lipinski definition) is 5. The second-order valence-electron chi connectivity index (χ2n) is 8.21. The van der Waals surface area contributed by atoms with E-state index in [0.29, 0.717) is 29.1 Å². The normalized spacial score (nSPS) is 13.3. The third kappa shape index (κ3) is 6.37. The molecule has 0 saturated carbocycles. The number of aromatic nitrogens is 2. The number of halogens is 4. The third-order valence-corrected chi connectivity index (χ3v) is 5.21. The van der Waals surface area contributed by atoms with Crippen molar-refractivity contribution in [3.8, 4) is 0 Å². The van der Waals surface area contributed by atoms with E-state index in [2.05, 4.69) is 35.6 Å². The summed E-state index contributed by atoms with van der Waals surface area (Å²) in [4.78, 5) is 15.2. The Morgan fingerprint density at radius 2 is 1.79 bits per heavy atom. The molecule has 0 atom stereocenters. The second kappa shape index (κ2) is 10.4. The molecule has 0 aliphatic rings. The number of benzene rings is 1. The van der Waals surface area contributed by atoms with E-state index in [4.69, 9.17) is 16.3 Å². The number of carbonyl (C=O) groups is 1. The van der Waals surface area contributed by atoms with Crippen LogP contribution < -0.4 is 0 Å². The maximum atomic E-state index is 12.6. The molecule has 1 heterocycles. The predicted molar refractivity (Wildman–Crippen MR) is 122 cm³/mol. The van der Waals surface area contributed by atoms with Gasteiger partial charge < -0.3 is 9.47 Å². The molecule has 0 bridgehead atoms. The lowest BCUT2D eigenvalue weighted by atomic mass is 9.86. The molecule has 0 fully saturated rings. The summed E-state index contributed by atoms with van der Waals surface area (Å²) in [5.74, 6) is -2.26. The number of aryl methyl sites for hydroxylation is 2. The summed E-state index contributed by atoms with van der Waals surface area (Å²) >= 11 is 6.49.